The Kier molecular flexibility index (Phi) is 4.04. The second-order valence-corrected chi connectivity index (χ2v) is 4.06. The number of nitrogens with two attached hydrogens (primary N) is 1. The van der Waals surface area contributed by atoms with Crippen molar-refractivity contribution in [2.45, 2.75) is 12.3 Å². The van der Waals surface area contributed by atoms with Crippen LogP contribution in [0.4, 0.5) is 8.78 Å². The Morgan fingerprint density at radius 3 is 2.60 bits per heavy atom. The van der Waals surface area contributed by atoms with Gasteiger partial charge < -0.3 is 10.5 Å². The molecule has 0 unspecified atom stereocenters. The lowest BCUT2D eigenvalue weighted by Crippen LogP contribution is -2.30. The number of hydrogen-bond donors (Lipinski definition) is 1. The Morgan fingerprint density at radius 1 is 1.47 bits per heavy atom. The van der Waals surface area contributed by atoms with Crippen molar-refractivity contribution in [2.24, 2.45) is 5.73 Å². The van der Waals surface area contributed by atoms with Gasteiger partial charge in [-0.2, -0.15) is 0 Å². The molecule has 1 aromatic carbocycles. The summed E-state index contributed by atoms with van der Waals surface area (Å²) < 4.78 is 31.6. The molecule has 0 radical (unpaired) electrons. The molecule has 0 spiro atoms. The fourth-order valence-electron chi connectivity index (χ4n) is 1.19. The normalized spacial score (nSPS) is 11.5. The van der Waals surface area contributed by atoms with Crippen molar-refractivity contribution >= 4 is 15.9 Å². The van der Waals surface area contributed by atoms with E-state index in [0.29, 0.717) is 15.8 Å². The van der Waals surface area contributed by atoms with Gasteiger partial charge in [-0.15, -0.1) is 0 Å². The number of methoxy groups -OCH3 is 1. The molecule has 0 atom stereocenters. The summed E-state index contributed by atoms with van der Waals surface area (Å²) in [4.78, 5) is 0. The highest BCUT2D eigenvalue weighted by atomic mass is 79.9. The molecule has 84 valence electrons. The Morgan fingerprint density at radius 2 is 2.13 bits per heavy atom. The van der Waals surface area contributed by atoms with Gasteiger partial charge in [0.2, 0.25) is 0 Å². The highest BCUT2D eigenvalue weighted by molar-refractivity contribution is 9.10. The van der Waals surface area contributed by atoms with E-state index in [2.05, 4.69) is 15.9 Å². The van der Waals surface area contributed by atoms with Crippen LogP contribution in [0.2, 0.25) is 0 Å². The van der Waals surface area contributed by atoms with Gasteiger partial charge in [-0.3, -0.25) is 0 Å². The van der Waals surface area contributed by atoms with Gasteiger partial charge in [0.1, 0.15) is 5.75 Å². The number of benzene rings is 1. The first-order chi connectivity index (χ1) is 6.98. The first-order valence-electron chi connectivity index (χ1n) is 4.39. The molecule has 0 saturated heterocycles. The molecule has 0 saturated carbocycles. The molecule has 0 aliphatic rings. The van der Waals surface area contributed by atoms with Crippen LogP contribution >= 0.6 is 15.9 Å². The van der Waals surface area contributed by atoms with E-state index >= 15 is 0 Å². The van der Waals surface area contributed by atoms with Crippen LogP contribution in [-0.2, 0) is 6.42 Å². The standard InChI is InChI=1S/C10H12BrF2NO/c1-15-9-3-2-7(4-8(9)11)5-10(12,13)6-14/h2-4H,5-6,14H2,1H3. The van der Waals surface area contributed by atoms with E-state index < -0.39 is 12.5 Å². The summed E-state index contributed by atoms with van der Waals surface area (Å²) >= 11 is 3.24. The van der Waals surface area contributed by atoms with E-state index in [1.807, 2.05) is 0 Å². The van der Waals surface area contributed by atoms with Crippen molar-refractivity contribution in [3.05, 3.63) is 28.2 Å². The Labute approximate surface area is 95.5 Å². The Hall–Kier alpha value is -0.680. The molecule has 15 heavy (non-hydrogen) atoms. The van der Waals surface area contributed by atoms with Gasteiger partial charge in [-0.1, -0.05) is 6.07 Å². The van der Waals surface area contributed by atoms with E-state index in [0.717, 1.165) is 0 Å². The first kappa shape index (κ1) is 12.4. The Bertz CT molecular complexity index is 344. The van der Waals surface area contributed by atoms with Gasteiger partial charge in [-0.25, -0.2) is 8.78 Å². The predicted octanol–water partition coefficient (Wildman–Crippen LogP) is 2.59. The molecule has 0 amide bonds. The van der Waals surface area contributed by atoms with Gasteiger partial charge in [0, 0.05) is 6.42 Å². The molecule has 1 rings (SSSR count). The second kappa shape index (κ2) is 4.90. The maximum atomic E-state index is 13.0. The first-order valence-corrected chi connectivity index (χ1v) is 5.18. The van der Waals surface area contributed by atoms with Crippen molar-refractivity contribution in [3.63, 3.8) is 0 Å². The summed E-state index contributed by atoms with van der Waals surface area (Å²) in [6.45, 7) is -0.642. The van der Waals surface area contributed by atoms with Gasteiger partial charge in [-0.05, 0) is 33.6 Å². The smallest absolute Gasteiger partial charge is 0.264 e. The van der Waals surface area contributed by atoms with E-state index in [1.54, 1.807) is 18.2 Å². The fourth-order valence-corrected chi connectivity index (χ4v) is 1.78. The molecule has 0 aromatic heterocycles. The van der Waals surface area contributed by atoms with E-state index in [9.17, 15) is 8.78 Å². The molecule has 0 aliphatic carbocycles. The van der Waals surface area contributed by atoms with Crippen LogP contribution in [-0.4, -0.2) is 19.6 Å². The minimum Gasteiger partial charge on any atom is -0.496 e. The number of rotatable bonds is 4. The molecular formula is C10H12BrF2NO. The summed E-state index contributed by atoms with van der Waals surface area (Å²) in [5.74, 6) is -2.23. The van der Waals surface area contributed by atoms with Crippen LogP contribution in [0.3, 0.4) is 0 Å². The molecule has 2 nitrogen and oxygen atoms in total. The fraction of sp³-hybridized carbons (Fsp3) is 0.400. The molecular weight excluding hydrogens is 268 g/mol. The van der Waals surface area contributed by atoms with Crippen molar-refractivity contribution in [3.8, 4) is 5.75 Å². The summed E-state index contributed by atoms with van der Waals surface area (Å²) in [7, 11) is 1.52. The van der Waals surface area contributed by atoms with Crippen LogP contribution in [0.1, 0.15) is 5.56 Å². The van der Waals surface area contributed by atoms with Crippen LogP contribution < -0.4 is 10.5 Å². The zero-order valence-corrected chi connectivity index (χ0v) is 9.85. The highest BCUT2D eigenvalue weighted by Gasteiger charge is 2.27. The monoisotopic (exact) mass is 279 g/mol. The summed E-state index contributed by atoms with van der Waals surface area (Å²) in [6.07, 6.45) is -0.355. The third kappa shape index (κ3) is 3.43. The maximum absolute atomic E-state index is 13.0. The maximum Gasteiger partial charge on any atom is 0.264 e. The molecule has 1 aromatic rings. The quantitative estimate of drug-likeness (QED) is 0.920. The summed E-state index contributed by atoms with van der Waals surface area (Å²) in [5, 5.41) is 0. The lowest BCUT2D eigenvalue weighted by atomic mass is 10.1. The van der Waals surface area contributed by atoms with Gasteiger partial charge in [0.25, 0.3) is 5.92 Å². The van der Waals surface area contributed by atoms with E-state index in [-0.39, 0.29) is 6.42 Å². The highest BCUT2D eigenvalue weighted by Crippen LogP contribution is 2.28. The van der Waals surface area contributed by atoms with E-state index in [1.165, 1.54) is 7.11 Å². The third-order valence-electron chi connectivity index (χ3n) is 1.98. The third-order valence-corrected chi connectivity index (χ3v) is 2.60. The van der Waals surface area contributed by atoms with Crippen LogP contribution in [0.15, 0.2) is 22.7 Å². The average molecular weight is 280 g/mol. The van der Waals surface area contributed by atoms with Crippen molar-refractivity contribution in [1.82, 2.24) is 0 Å². The molecule has 0 heterocycles. The zero-order valence-electron chi connectivity index (χ0n) is 8.27. The van der Waals surface area contributed by atoms with Crippen LogP contribution in [0.5, 0.6) is 5.75 Å². The second-order valence-electron chi connectivity index (χ2n) is 3.21. The van der Waals surface area contributed by atoms with Gasteiger partial charge in [0.05, 0.1) is 18.1 Å². The lowest BCUT2D eigenvalue weighted by molar-refractivity contribution is 0.0115. The average Bonchev–Trinajstić information content (AvgIpc) is 2.17. The number of alkyl halides is 2. The van der Waals surface area contributed by atoms with E-state index in [4.69, 9.17) is 10.5 Å². The number of ether oxygens (including phenoxy) is 1. The van der Waals surface area contributed by atoms with Crippen molar-refractivity contribution < 1.29 is 13.5 Å². The van der Waals surface area contributed by atoms with Crippen molar-refractivity contribution in [2.75, 3.05) is 13.7 Å². The molecule has 0 aliphatic heterocycles. The van der Waals surface area contributed by atoms with Crippen LogP contribution in [0, 0.1) is 0 Å². The lowest BCUT2D eigenvalue weighted by Gasteiger charge is -2.14. The van der Waals surface area contributed by atoms with Gasteiger partial charge in [0.15, 0.2) is 0 Å². The predicted molar refractivity (Wildman–Crippen MR) is 58.4 cm³/mol. The van der Waals surface area contributed by atoms with Gasteiger partial charge >= 0.3 is 0 Å². The molecule has 0 bridgehead atoms. The molecule has 5 heteroatoms. The molecule has 2 N–H and O–H groups in total. The minimum absolute atomic E-state index is 0.355. The minimum atomic E-state index is -2.85. The summed E-state index contributed by atoms with van der Waals surface area (Å²) in [5.41, 5.74) is 5.49. The number of hydrogen-bond acceptors (Lipinski definition) is 2. The SMILES string of the molecule is COc1ccc(CC(F)(F)CN)cc1Br. The Balaban J connectivity index is 2.84. The zero-order chi connectivity index (χ0) is 11.5. The largest absolute Gasteiger partial charge is 0.496 e. The van der Waals surface area contributed by atoms with Crippen LogP contribution in [0.25, 0.3) is 0 Å². The van der Waals surface area contributed by atoms with Crippen molar-refractivity contribution in [1.29, 1.82) is 0 Å². The summed E-state index contributed by atoms with van der Waals surface area (Å²) in [6, 6.07) is 4.86. The molecule has 0 fully saturated rings. The number of halogens is 3. The topological polar surface area (TPSA) is 35.2 Å².